The fourth-order valence-electron chi connectivity index (χ4n) is 3.30. The van der Waals surface area contributed by atoms with Crippen LogP contribution in [0.2, 0.25) is 0 Å². The van der Waals surface area contributed by atoms with Crippen LogP contribution in [0.25, 0.3) is 0 Å². The first-order valence-electron chi connectivity index (χ1n) is 6.91. The predicted octanol–water partition coefficient (Wildman–Crippen LogP) is 1.49. The van der Waals surface area contributed by atoms with Crippen LogP contribution < -0.4 is 9.80 Å². The highest BCUT2D eigenvalue weighted by Crippen LogP contribution is 2.36. The SMILES string of the molecule is Cc1cnc(N2CC[C@@H]3[C@H]2CCN3c2nncs2)nc1. The summed E-state index contributed by atoms with van der Waals surface area (Å²) >= 11 is 1.62. The molecule has 2 fully saturated rings. The molecule has 0 amide bonds. The van der Waals surface area contributed by atoms with E-state index in [9.17, 15) is 0 Å². The van der Waals surface area contributed by atoms with E-state index >= 15 is 0 Å². The predicted molar refractivity (Wildman–Crippen MR) is 78.2 cm³/mol. The lowest BCUT2D eigenvalue weighted by atomic mass is 10.1. The lowest BCUT2D eigenvalue weighted by Crippen LogP contribution is -2.37. The highest BCUT2D eigenvalue weighted by atomic mass is 32.1. The summed E-state index contributed by atoms with van der Waals surface area (Å²) in [7, 11) is 0. The van der Waals surface area contributed by atoms with Gasteiger partial charge in [0.2, 0.25) is 11.1 Å². The molecule has 2 aromatic rings. The van der Waals surface area contributed by atoms with Crippen LogP contribution in [0.4, 0.5) is 11.1 Å². The Morgan fingerprint density at radius 1 is 1.10 bits per heavy atom. The maximum atomic E-state index is 4.48. The van der Waals surface area contributed by atoms with Crippen molar-refractivity contribution in [1.29, 1.82) is 0 Å². The Labute approximate surface area is 121 Å². The third-order valence-electron chi connectivity index (χ3n) is 4.19. The monoisotopic (exact) mass is 288 g/mol. The van der Waals surface area contributed by atoms with Gasteiger partial charge in [-0.1, -0.05) is 11.3 Å². The van der Waals surface area contributed by atoms with E-state index in [2.05, 4.69) is 30.0 Å². The van der Waals surface area contributed by atoms with Crippen molar-refractivity contribution in [2.45, 2.75) is 31.8 Å². The largest absolute Gasteiger partial charge is 0.341 e. The van der Waals surface area contributed by atoms with Crippen molar-refractivity contribution in [1.82, 2.24) is 20.2 Å². The van der Waals surface area contributed by atoms with E-state index in [0.717, 1.165) is 42.6 Å². The van der Waals surface area contributed by atoms with Crippen molar-refractivity contribution in [3.63, 3.8) is 0 Å². The molecule has 0 aliphatic carbocycles. The number of anilines is 2. The Balaban J connectivity index is 1.58. The van der Waals surface area contributed by atoms with Crippen LogP contribution in [-0.2, 0) is 0 Å². The smallest absolute Gasteiger partial charge is 0.225 e. The van der Waals surface area contributed by atoms with Crippen molar-refractivity contribution in [3.8, 4) is 0 Å². The standard InChI is InChI=1S/C13H16N6S/c1-9-6-14-12(15-7-9)18-4-2-11-10(18)3-5-19(11)13-17-16-8-20-13/h6-8,10-11H,2-5H2,1H3/t10-,11-/m1/s1. The number of fused-ring (bicyclic) bond motifs is 1. The van der Waals surface area contributed by atoms with Crippen molar-refractivity contribution in [2.75, 3.05) is 22.9 Å². The molecule has 0 N–H and O–H groups in total. The number of hydrogen-bond acceptors (Lipinski definition) is 7. The number of aromatic nitrogens is 4. The Hall–Kier alpha value is -1.76. The molecule has 7 heteroatoms. The normalized spacial score (nSPS) is 25.2. The average molecular weight is 288 g/mol. The summed E-state index contributed by atoms with van der Waals surface area (Å²) in [6.07, 6.45) is 6.07. The minimum atomic E-state index is 0.501. The molecular weight excluding hydrogens is 272 g/mol. The summed E-state index contributed by atoms with van der Waals surface area (Å²) in [5.74, 6) is 0.863. The Morgan fingerprint density at radius 2 is 1.80 bits per heavy atom. The maximum absolute atomic E-state index is 4.48. The summed E-state index contributed by atoms with van der Waals surface area (Å²) in [5.41, 5.74) is 2.91. The molecule has 6 nitrogen and oxygen atoms in total. The highest BCUT2D eigenvalue weighted by Gasteiger charge is 2.44. The molecule has 0 bridgehead atoms. The van der Waals surface area contributed by atoms with Crippen molar-refractivity contribution < 1.29 is 0 Å². The van der Waals surface area contributed by atoms with E-state index in [1.807, 2.05) is 19.3 Å². The first kappa shape index (κ1) is 12.0. The van der Waals surface area contributed by atoms with Gasteiger partial charge in [-0.2, -0.15) is 0 Å². The molecule has 0 aromatic carbocycles. The van der Waals surface area contributed by atoms with Gasteiger partial charge in [0.1, 0.15) is 5.51 Å². The van der Waals surface area contributed by atoms with Gasteiger partial charge in [-0.05, 0) is 25.3 Å². The maximum Gasteiger partial charge on any atom is 0.225 e. The molecule has 20 heavy (non-hydrogen) atoms. The van der Waals surface area contributed by atoms with Gasteiger partial charge in [-0.3, -0.25) is 0 Å². The topological polar surface area (TPSA) is 58.0 Å². The zero-order chi connectivity index (χ0) is 13.5. The average Bonchev–Trinajstić information content (AvgIpc) is 3.16. The van der Waals surface area contributed by atoms with E-state index < -0.39 is 0 Å². The van der Waals surface area contributed by atoms with Crippen molar-refractivity contribution in [2.24, 2.45) is 0 Å². The molecule has 4 heterocycles. The minimum absolute atomic E-state index is 0.501. The fraction of sp³-hybridized carbons (Fsp3) is 0.538. The molecule has 2 atom stereocenters. The van der Waals surface area contributed by atoms with Crippen molar-refractivity contribution >= 4 is 22.4 Å². The van der Waals surface area contributed by atoms with E-state index in [1.165, 1.54) is 0 Å². The summed E-state index contributed by atoms with van der Waals surface area (Å²) in [6.45, 7) is 4.09. The Morgan fingerprint density at radius 3 is 2.50 bits per heavy atom. The Bertz CT molecular complexity index is 583. The van der Waals surface area contributed by atoms with Crippen LogP contribution in [0.1, 0.15) is 18.4 Å². The van der Waals surface area contributed by atoms with Gasteiger partial charge in [-0.15, -0.1) is 10.2 Å². The van der Waals surface area contributed by atoms with Gasteiger partial charge in [0.05, 0.1) is 12.1 Å². The summed E-state index contributed by atoms with van der Waals surface area (Å²) in [5, 5.41) is 9.21. The van der Waals surface area contributed by atoms with Gasteiger partial charge in [0.25, 0.3) is 0 Å². The zero-order valence-corrected chi connectivity index (χ0v) is 12.1. The van der Waals surface area contributed by atoms with Gasteiger partial charge < -0.3 is 9.80 Å². The molecule has 2 aromatic heterocycles. The molecule has 0 radical (unpaired) electrons. The van der Waals surface area contributed by atoms with Gasteiger partial charge in [0.15, 0.2) is 0 Å². The highest BCUT2D eigenvalue weighted by molar-refractivity contribution is 7.13. The second-order valence-electron chi connectivity index (χ2n) is 5.38. The van der Waals surface area contributed by atoms with Gasteiger partial charge in [0, 0.05) is 25.5 Å². The molecule has 2 aliphatic rings. The molecular formula is C13H16N6S. The summed E-state index contributed by atoms with van der Waals surface area (Å²) in [6, 6.07) is 1.02. The quantitative estimate of drug-likeness (QED) is 0.834. The van der Waals surface area contributed by atoms with Crippen LogP contribution >= 0.6 is 11.3 Å². The summed E-state index contributed by atoms with van der Waals surface area (Å²) < 4.78 is 0. The van der Waals surface area contributed by atoms with E-state index in [4.69, 9.17) is 0 Å². The third-order valence-corrected chi connectivity index (χ3v) is 4.92. The first-order valence-corrected chi connectivity index (χ1v) is 7.79. The van der Waals surface area contributed by atoms with Crippen LogP contribution in [0.15, 0.2) is 17.9 Å². The second-order valence-corrected chi connectivity index (χ2v) is 6.19. The van der Waals surface area contributed by atoms with E-state index in [-0.39, 0.29) is 0 Å². The van der Waals surface area contributed by atoms with E-state index in [0.29, 0.717) is 12.1 Å². The number of aryl methyl sites for hydroxylation is 1. The molecule has 0 spiro atoms. The zero-order valence-electron chi connectivity index (χ0n) is 11.3. The van der Waals surface area contributed by atoms with Crippen molar-refractivity contribution in [3.05, 3.63) is 23.5 Å². The van der Waals surface area contributed by atoms with Gasteiger partial charge >= 0.3 is 0 Å². The van der Waals surface area contributed by atoms with Crippen LogP contribution in [-0.4, -0.2) is 45.3 Å². The van der Waals surface area contributed by atoms with Crippen LogP contribution in [0.3, 0.4) is 0 Å². The molecule has 104 valence electrons. The lowest BCUT2D eigenvalue weighted by molar-refractivity contribution is 0.636. The molecule has 0 saturated carbocycles. The third kappa shape index (κ3) is 1.84. The summed E-state index contributed by atoms with van der Waals surface area (Å²) in [4.78, 5) is 13.7. The number of hydrogen-bond donors (Lipinski definition) is 0. The van der Waals surface area contributed by atoms with Crippen LogP contribution in [0, 0.1) is 6.92 Å². The fourth-order valence-corrected chi connectivity index (χ4v) is 3.94. The number of rotatable bonds is 2. The molecule has 0 unspecified atom stereocenters. The molecule has 2 aliphatic heterocycles. The molecule has 4 rings (SSSR count). The van der Waals surface area contributed by atoms with Gasteiger partial charge in [-0.25, -0.2) is 9.97 Å². The minimum Gasteiger partial charge on any atom is -0.341 e. The van der Waals surface area contributed by atoms with Crippen LogP contribution in [0.5, 0.6) is 0 Å². The Kier molecular flexibility index (Phi) is 2.80. The second kappa shape index (κ2) is 4.66. The molecule has 2 saturated heterocycles. The number of nitrogens with zero attached hydrogens (tertiary/aromatic N) is 6. The van der Waals surface area contributed by atoms with E-state index in [1.54, 1.807) is 16.8 Å². The lowest BCUT2D eigenvalue weighted by Gasteiger charge is -2.24. The first-order chi connectivity index (χ1) is 9.83.